The number of carbonyl (C=O) groups is 1. The van der Waals surface area contributed by atoms with Gasteiger partial charge >= 0.3 is 0 Å². The first kappa shape index (κ1) is 20.3. The second-order valence-electron chi connectivity index (χ2n) is 5.93. The lowest BCUT2D eigenvalue weighted by molar-refractivity contribution is 0.103. The summed E-state index contributed by atoms with van der Waals surface area (Å²) < 4.78 is 16.1. The number of ether oxygens (including phenoxy) is 3. The van der Waals surface area contributed by atoms with Crippen molar-refractivity contribution in [3.8, 4) is 23.3 Å². The minimum Gasteiger partial charge on any atom is -0.497 e. The molecule has 0 bridgehead atoms. The number of nitrogens with zero attached hydrogens (tertiary/aromatic N) is 1. The van der Waals surface area contributed by atoms with Crippen molar-refractivity contribution >= 4 is 23.5 Å². The molecule has 2 aromatic rings. The second-order valence-corrected chi connectivity index (χ2v) is 6.34. The van der Waals surface area contributed by atoms with Crippen LogP contribution in [0.15, 0.2) is 42.0 Å². The molecule has 27 heavy (non-hydrogen) atoms. The Labute approximate surface area is 163 Å². The van der Waals surface area contributed by atoms with Gasteiger partial charge in [0, 0.05) is 5.56 Å². The van der Waals surface area contributed by atoms with Crippen LogP contribution < -0.4 is 14.2 Å². The number of hydrogen-bond donors (Lipinski definition) is 0. The van der Waals surface area contributed by atoms with Crippen molar-refractivity contribution < 1.29 is 19.0 Å². The molecule has 2 aromatic carbocycles. The van der Waals surface area contributed by atoms with Crippen LogP contribution in [-0.2, 0) is 0 Å². The number of benzene rings is 2. The highest BCUT2D eigenvalue weighted by atomic mass is 35.5. The first-order valence-electron chi connectivity index (χ1n) is 8.24. The Balaban J connectivity index is 2.43. The van der Waals surface area contributed by atoms with E-state index in [-0.39, 0.29) is 11.7 Å². The Morgan fingerprint density at radius 1 is 1.19 bits per heavy atom. The lowest BCUT2D eigenvalue weighted by atomic mass is 10.0. The average molecular weight is 386 g/mol. The van der Waals surface area contributed by atoms with Gasteiger partial charge in [-0.2, -0.15) is 5.26 Å². The number of halogens is 1. The molecule has 0 saturated heterocycles. The third-order valence-corrected chi connectivity index (χ3v) is 3.89. The summed E-state index contributed by atoms with van der Waals surface area (Å²) in [5.41, 5.74) is 0.889. The van der Waals surface area contributed by atoms with Crippen molar-refractivity contribution in [2.45, 2.75) is 20.0 Å². The molecule has 0 unspecified atom stereocenters. The van der Waals surface area contributed by atoms with E-state index in [2.05, 4.69) is 0 Å². The number of carbonyl (C=O) groups excluding carboxylic acids is 1. The molecule has 0 amide bonds. The number of hydrogen-bond acceptors (Lipinski definition) is 5. The number of nitriles is 1. The second kappa shape index (κ2) is 9.11. The summed E-state index contributed by atoms with van der Waals surface area (Å²) in [4.78, 5) is 12.7. The molecule has 140 valence electrons. The molecule has 2 rings (SSSR count). The fraction of sp³-hybridized carbons (Fsp3) is 0.238. The van der Waals surface area contributed by atoms with E-state index in [9.17, 15) is 10.1 Å². The van der Waals surface area contributed by atoms with Crippen LogP contribution >= 0.6 is 11.6 Å². The molecular formula is C21H20ClNO4. The molecule has 0 fully saturated rings. The van der Waals surface area contributed by atoms with E-state index in [1.54, 1.807) is 36.4 Å². The minimum atomic E-state index is -0.408. The predicted octanol–water partition coefficient (Wildman–Crippen LogP) is 4.93. The molecule has 0 atom stereocenters. The monoisotopic (exact) mass is 385 g/mol. The number of Topliss-reactive ketones (excluding diaryl/α,β-unsaturated/α-hetero) is 1. The highest BCUT2D eigenvalue weighted by Gasteiger charge is 2.16. The maximum absolute atomic E-state index is 12.7. The van der Waals surface area contributed by atoms with Gasteiger partial charge in [-0.3, -0.25) is 4.79 Å². The Morgan fingerprint density at radius 3 is 2.52 bits per heavy atom. The molecule has 0 aliphatic heterocycles. The number of ketones is 1. The summed E-state index contributed by atoms with van der Waals surface area (Å²) in [6.45, 7) is 3.76. The van der Waals surface area contributed by atoms with Gasteiger partial charge in [0.2, 0.25) is 5.78 Å². The maximum Gasteiger partial charge on any atom is 0.203 e. The van der Waals surface area contributed by atoms with Crippen molar-refractivity contribution in [1.29, 1.82) is 5.26 Å². The van der Waals surface area contributed by atoms with Crippen molar-refractivity contribution in [2.75, 3.05) is 14.2 Å². The Morgan fingerprint density at radius 2 is 1.93 bits per heavy atom. The normalized spacial score (nSPS) is 11.1. The minimum absolute atomic E-state index is 0.0288. The number of methoxy groups -OCH3 is 2. The lowest BCUT2D eigenvalue weighted by Crippen LogP contribution is -2.07. The van der Waals surface area contributed by atoms with Gasteiger partial charge < -0.3 is 14.2 Å². The van der Waals surface area contributed by atoms with Crippen molar-refractivity contribution in [2.24, 2.45) is 0 Å². The lowest BCUT2D eigenvalue weighted by Gasteiger charge is -2.15. The number of rotatable bonds is 7. The van der Waals surface area contributed by atoms with Gasteiger partial charge in [0.05, 0.1) is 25.3 Å². The van der Waals surface area contributed by atoms with Gasteiger partial charge in [-0.25, -0.2) is 0 Å². The van der Waals surface area contributed by atoms with Crippen molar-refractivity contribution in [3.63, 3.8) is 0 Å². The van der Waals surface area contributed by atoms with E-state index in [1.165, 1.54) is 20.3 Å². The van der Waals surface area contributed by atoms with Crippen LogP contribution in [0.4, 0.5) is 0 Å². The van der Waals surface area contributed by atoms with Gasteiger partial charge in [0.1, 0.15) is 17.4 Å². The summed E-state index contributed by atoms with van der Waals surface area (Å²) in [7, 11) is 3.01. The first-order valence-corrected chi connectivity index (χ1v) is 8.62. The SMILES string of the molecule is COc1cccc(C(=O)/C(C#N)=C/c2cc(Cl)c(OC(C)C)c(OC)c2)c1. The van der Waals surface area contributed by atoms with Crippen LogP contribution in [-0.4, -0.2) is 26.1 Å². The zero-order valence-corrected chi connectivity index (χ0v) is 16.3. The topological polar surface area (TPSA) is 68.6 Å². The quantitative estimate of drug-likeness (QED) is 0.384. The zero-order chi connectivity index (χ0) is 20.0. The molecule has 0 aliphatic carbocycles. The van der Waals surface area contributed by atoms with E-state index >= 15 is 0 Å². The van der Waals surface area contributed by atoms with Crippen LogP contribution in [0.3, 0.4) is 0 Å². The molecule has 0 saturated carbocycles. The molecule has 0 spiro atoms. The fourth-order valence-electron chi connectivity index (χ4n) is 2.41. The van der Waals surface area contributed by atoms with Crippen LogP contribution in [0.2, 0.25) is 5.02 Å². The summed E-state index contributed by atoms with van der Waals surface area (Å²) in [6.07, 6.45) is 1.39. The van der Waals surface area contributed by atoms with Gasteiger partial charge in [-0.05, 0) is 49.8 Å². The summed E-state index contributed by atoms with van der Waals surface area (Å²) in [6, 6.07) is 11.9. The zero-order valence-electron chi connectivity index (χ0n) is 15.6. The highest BCUT2D eigenvalue weighted by Crippen LogP contribution is 2.37. The third-order valence-electron chi connectivity index (χ3n) is 3.61. The predicted molar refractivity (Wildman–Crippen MR) is 105 cm³/mol. The summed E-state index contributed by atoms with van der Waals surface area (Å²) in [5, 5.41) is 9.79. The fourth-order valence-corrected chi connectivity index (χ4v) is 2.67. The third kappa shape index (κ3) is 5.02. The largest absolute Gasteiger partial charge is 0.497 e. The number of allylic oxidation sites excluding steroid dienone is 1. The van der Waals surface area contributed by atoms with Crippen molar-refractivity contribution in [3.05, 3.63) is 58.1 Å². The average Bonchev–Trinajstić information content (AvgIpc) is 2.67. The van der Waals surface area contributed by atoms with Gasteiger partial charge in [-0.1, -0.05) is 23.7 Å². The van der Waals surface area contributed by atoms with E-state index in [0.29, 0.717) is 33.4 Å². The molecule has 0 N–H and O–H groups in total. The Hall–Kier alpha value is -2.97. The van der Waals surface area contributed by atoms with E-state index in [4.69, 9.17) is 25.8 Å². The first-order chi connectivity index (χ1) is 12.9. The molecule has 0 radical (unpaired) electrons. The highest BCUT2D eigenvalue weighted by molar-refractivity contribution is 6.32. The van der Waals surface area contributed by atoms with Crippen LogP contribution in [0, 0.1) is 11.3 Å². The molecule has 5 nitrogen and oxygen atoms in total. The summed E-state index contributed by atoms with van der Waals surface area (Å²) >= 11 is 6.30. The molecule has 0 aromatic heterocycles. The molecule has 0 aliphatic rings. The van der Waals surface area contributed by atoms with Gasteiger partial charge in [-0.15, -0.1) is 0 Å². The standard InChI is InChI=1S/C21H20ClNO4/c1-13(2)27-21-18(22)9-14(10-19(21)26-4)8-16(12-23)20(24)15-6-5-7-17(11-15)25-3/h5-11,13H,1-4H3/b16-8+. The van der Waals surface area contributed by atoms with Crippen molar-refractivity contribution in [1.82, 2.24) is 0 Å². The molecule has 6 heteroatoms. The van der Waals surface area contributed by atoms with Gasteiger partial charge in [0.15, 0.2) is 11.5 Å². The Kier molecular flexibility index (Phi) is 6.86. The van der Waals surface area contributed by atoms with Crippen LogP contribution in [0.25, 0.3) is 6.08 Å². The van der Waals surface area contributed by atoms with E-state index in [0.717, 1.165) is 0 Å². The van der Waals surface area contributed by atoms with E-state index in [1.807, 2.05) is 19.9 Å². The molecule has 0 heterocycles. The maximum atomic E-state index is 12.7. The summed E-state index contributed by atoms with van der Waals surface area (Å²) in [5.74, 6) is 0.976. The van der Waals surface area contributed by atoms with Crippen LogP contribution in [0.5, 0.6) is 17.2 Å². The molecular weight excluding hydrogens is 366 g/mol. The smallest absolute Gasteiger partial charge is 0.203 e. The van der Waals surface area contributed by atoms with Crippen LogP contribution in [0.1, 0.15) is 29.8 Å². The van der Waals surface area contributed by atoms with E-state index < -0.39 is 5.78 Å². The Bertz CT molecular complexity index is 913. The van der Waals surface area contributed by atoms with Gasteiger partial charge in [0.25, 0.3) is 0 Å².